The molecule has 19 heavy (non-hydrogen) atoms. The van der Waals surface area contributed by atoms with Gasteiger partial charge in [0.1, 0.15) is 5.82 Å². The summed E-state index contributed by atoms with van der Waals surface area (Å²) in [5.41, 5.74) is 1.98. The molecule has 0 bridgehead atoms. The Labute approximate surface area is 113 Å². The van der Waals surface area contributed by atoms with E-state index < -0.39 is 0 Å². The van der Waals surface area contributed by atoms with E-state index in [2.05, 4.69) is 32.1 Å². The topological polar surface area (TPSA) is 53.9 Å². The van der Waals surface area contributed by atoms with Crippen LogP contribution in [0.4, 0.5) is 5.82 Å². The summed E-state index contributed by atoms with van der Waals surface area (Å²) in [5.74, 6) is 0.890. The molecule has 0 atom stereocenters. The maximum atomic E-state index is 4.60. The van der Waals surface area contributed by atoms with Gasteiger partial charge in [-0.3, -0.25) is 9.97 Å². The first-order valence-corrected chi connectivity index (χ1v) is 6.44. The van der Waals surface area contributed by atoms with Crippen molar-refractivity contribution >= 4 is 5.82 Å². The van der Waals surface area contributed by atoms with Crippen LogP contribution in [-0.2, 0) is 13.1 Å². The number of rotatable bonds is 6. The lowest BCUT2D eigenvalue weighted by Gasteiger charge is -2.21. The Morgan fingerprint density at radius 3 is 2.79 bits per heavy atom. The Balaban J connectivity index is 2.15. The second-order valence-corrected chi connectivity index (χ2v) is 4.23. The van der Waals surface area contributed by atoms with Gasteiger partial charge in [-0.1, -0.05) is 6.07 Å². The molecular weight excluding hydrogens is 238 g/mol. The van der Waals surface area contributed by atoms with Gasteiger partial charge in [0.25, 0.3) is 0 Å². The molecule has 0 fully saturated rings. The van der Waals surface area contributed by atoms with Crippen molar-refractivity contribution in [2.45, 2.75) is 20.0 Å². The van der Waals surface area contributed by atoms with Crippen LogP contribution in [0.3, 0.4) is 0 Å². The molecule has 0 radical (unpaired) electrons. The Hall–Kier alpha value is -2.01. The van der Waals surface area contributed by atoms with Crippen molar-refractivity contribution in [1.82, 2.24) is 20.3 Å². The van der Waals surface area contributed by atoms with Gasteiger partial charge in [-0.25, -0.2) is 4.98 Å². The first-order chi connectivity index (χ1) is 9.33. The van der Waals surface area contributed by atoms with Crippen molar-refractivity contribution in [3.63, 3.8) is 0 Å². The lowest BCUT2D eigenvalue weighted by Crippen LogP contribution is -2.24. The normalized spacial score (nSPS) is 10.4. The number of pyridine rings is 1. The molecule has 0 aliphatic carbocycles. The molecule has 0 spiro atoms. The van der Waals surface area contributed by atoms with Crippen molar-refractivity contribution in [1.29, 1.82) is 0 Å². The van der Waals surface area contributed by atoms with Crippen LogP contribution in [0.2, 0.25) is 0 Å². The van der Waals surface area contributed by atoms with Gasteiger partial charge in [0.2, 0.25) is 0 Å². The minimum atomic E-state index is 0.724. The fourth-order valence-corrected chi connectivity index (χ4v) is 1.86. The van der Waals surface area contributed by atoms with Gasteiger partial charge in [-0.05, 0) is 26.1 Å². The summed E-state index contributed by atoms with van der Waals surface area (Å²) >= 11 is 0. The zero-order valence-electron chi connectivity index (χ0n) is 11.4. The first kappa shape index (κ1) is 13.4. The van der Waals surface area contributed by atoms with E-state index >= 15 is 0 Å². The number of aromatic nitrogens is 3. The molecule has 5 heteroatoms. The van der Waals surface area contributed by atoms with Crippen LogP contribution in [0.1, 0.15) is 18.3 Å². The van der Waals surface area contributed by atoms with Crippen LogP contribution in [0, 0.1) is 0 Å². The van der Waals surface area contributed by atoms with Gasteiger partial charge in [0, 0.05) is 25.5 Å². The Morgan fingerprint density at radius 2 is 2.11 bits per heavy atom. The maximum Gasteiger partial charge on any atom is 0.147 e. The molecule has 2 heterocycles. The highest BCUT2D eigenvalue weighted by Gasteiger charge is 2.08. The SMILES string of the molecule is CCN(Cc1ccccn1)c1cncc(CNC)n1. The molecule has 0 saturated carbocycles. The van der Waals surface area contributed by atoms with Crippen molar-refractivity contribution in [3.8, 4) is 0 Å². The van der Waals surface area contributed by atoms with E-state index in [4.69, 9.17) is 0 Å². The Bertz CT molecular complexity index is 500. The highest BCUT2D eigenvalue weighted by molar-refractivity contribution is 5.36. The fraction of sp³-hybridized carbons (Fsp3) is 0.357. The fourth-order valence-electron chi connectivity index (χ4n) is 1.86. The zero-order chi connectivity index (χ0) is 13.5. The average Bonchev–Trinajstić information content (AvgIpc) is 2.46. The second kappa shape index (κ2) is 6.80. The summed E-state index contributed by atoms with van der Waals surface area (Å²) in [6.45, 7) is 4.45. The predicted molar refractivity (Wildman–Crippen MR) is 75.8 cm³/mol. The molecule has 0 amide bonds. The molecule has 2 rings (SSSR count). The minimum Gasteiger partial charge on any atom is -0.350 e. The molecule has 2 aromatic rings. The lowest BCUT2D eigenvalue weighted by atomic mass is 10.3. The molecule has 0 unspecified atom stereocenters. The van der Waals surface area contributed by atoms with Crippen LogP contribution >= 0.6 is 0 Å². The number of nitrogens with zero attached hydrogens (tertiary/aromatic N) is 4. The molecule has 0 aliphatic heterocycles. The van der Waals surface area contributed by atoms with Gasteiger partial charge in [0.15, 0.2) is 0 Å². The van der Waals surface area contributed by atoms with Crippen LogP contribution in [0.15, 0.2) is 36.8 Å². The van der Waals surface area contributed by atoms with Crippen molar-refractivity contribution in [2.24, 2.45) is 0 Å². The molecule has 0 aliphatic rings. The highest BCUT2D eigenvalue weighted by Crippen LogP contribution is 2.12. The number of anilines is 1. The van der Waals surface area contributed by atoms with Crippen molar-refractivity contribution in [2.75, 3.05) is 18.5 Å². The summed E-state index contributed by atoms with van der Waals surface area (Å²) in [4.78, 5) is 15.4. The molecule has 100 valence electrons. The predicted octanol–water partition coefficient (Wildman–Crippen LogP) is 1.62. The Morgan fingerprint density at radius 1 is 1.21 bits per heavy atom. The van der Waals surface area contributed by atoms with E-state index in [1.165, 1.54) is 0 Å². The molecule has 0 aromatic carbocycles. The summed E-state index contributed by atoms with van der Waals surface area (Å²) in [5, 5.41) is 3.08. The molecular formula is C14H19N5. The standard InChI is InChI=1S/C14H19N5/c1-3-19(11-12-6-4-5-7-17-12)14-10-16-9-13(18-14)8-15-2/h4-7,9-10,15H,3,8,11H2,1-2H3. The third kappa shape index (κ3) is 3.72. The zero-order valence-corrected chi connectivity index (χ0v) is 11.4. The van der Waals surface area contributed by atoms with Gasteiger partial charge >= 0.3 is 0 Å². The van der Waals surface area contributed by atoms with E-state index in [0.717, 1.165) is 36.8 Å². The van der Waals surface area contributed by atoms with Crippen molar-refractivity contribution in [3.05, 3.63) is 48.2 Å². The molecule has 0 saturated heterocycles. The first-order valence-electron chi connectivity index (χ1n) is 6.44. The maximum absolute atomic E-state index is 4.60. The van der Waals surface area contributed by atoms with Gasteiger partial charge in [-0.2, -0.15) is 0 Å². The van der Waals surface area contributed by atoms with Crippen LogP contribution in [-0.4, -0.2) is 28.5 Å². The monoisotopic (exact) mass is 257 g/mol. The smallest absolute Gasteiger partial charge is 0.147 e. The number of hydrogen-bond acceptors (Lipinski definition) is 5. The Kier molecular flexibility index (Phi) is 4.80. The largest absolute Gasteiger partial charge is 0.350 e. The van der Waals surface area contributed by atoms with Crippen LogP contribution in [0.5, 0.6) is 0 Å². The van der Waals surface area contributed by atoms with E-state index in [1.807, 2.05) is 31.4 Å². The number of hydrogen-bond donors (Lipinski definition) is 1. The lowest BCUT2D eigenvalue weighted by molar-refractivity contribution is 0.754. The highest BCUT2D eigenvalue weighted by atomic mass is 15.2. The summed E-state index contributed by atoms with van der Waals surface area (Å²) in [6, 6.07) is 5.94. The molecule has 5 nitrogen and oxygen atoms in total. The van der Waals surface area contributed by atoms with Crippen LogP contribution in [0.25, 0.3) is 0 Å². The summed E-state index contributed by atoms with van der Waals surface area (Å²) in [6.07, 6.45) is 5.40. The van der Waals surface area contributed by atoms with E-state index in [1.54, 1.807) is 12.4 Å². The van der Waals surface area contributed by atoms with Crippen LogP contribution < -0.4 is 10.2 Å². The van der Waals surface area contributed by atoms with Crippen molar-refractivity contribution < 1.29 is 0 Å². The van der Waals surface area contributed by atoms with Gasteiger partial charge in [0.05, 0.1) is 24.1 Å². The summed E-state index contributed by atoms with van der Waals surface area (Å²) < 4.78 is 0. The minimum absolute atomic E-state index is 0.724. The van der Waals surface area contributed by atoms with Gasteiger partial charge in [-0.15, -0.1) is 0 Å². The quantitative estimate of drug-likeness (QED) is 0.852. The van der Waals surface area contributed by atoms with E-state index in [9.17, 15) is 0 Å². The van der Waals surface area contributed by atoms with E-state index in [-0.39, 0.29) is 0 Å². The third-order valence-corrected chi connectivity index (χ3v) is 2.81. The average molecular weight is 257 g/mol. The summed E-state index contributed by atoms with van der Waals surface area (Å²) in [7, 11) is 1.90. The molecule has 1 N–H and O–H groups in total. The third-order valence-electron chi connectivity index (χ3n) is 2.81. The van der Waals surface area contributed by atoms with E-state index in [0.29, 0.717) is 0 Å². The second-order valence-electron chi connectivity index (χ2n) is 4.23. The number of nitrogens with one attached hydrogen (secondary N) is 1. The van der Waals surface area contributed by atoms with Gasteiger partial charge < -0.3 is 10.2 Å². The molecule has 2 aromatic heterocycles.